The third-order valence-electron chi connectivity index (χ3n) is 3.43. The van der Waals surface area contributed by atoms with Crippen molar-refractivity contribution in [2.45, 2.75) is 25.7 Å². The molecule has 1 aromatic heterocycles. The lowest BCUT2D eigenvalue weighted by molar-refractivity contribution is -0.123. The van der Waals surface area contributed by atoms with Crippen molar-refractivity contribution >= 4 is 5.91 Å². The summed E-state index contributed by atoms with van der Waals surface area (Å²) in [5.41, 5.74) is 0. The number of pyridine rings is 1. The highest BCUT2D eigenvalue weighted by molar-refractivity contribution is 5.77. The number of likely N-dealkylation sites (tertiary alicyclic amines) is 1. The van der Waals surface area contributed by atoms with Gasteiger partial charge in [0.2, 0.25) is 0 Å². The van der Waals surface area contributed by atoms with E-state index in [0.29, 0.717) is 5.75 Å². The Morgan fingerprint density at radius 3 is 2.95 bits per heavy atom. The molecule has 0 saturated carbocycles. The van der Waals surface area contributed by atoms with E-state index in [1.807, 2.05) is 0 Å². The van der Waals surface area contributed by atoms with Gasteiger partial charge in [-0.1, -0.05) is 0 Å². The summed E-state index contributed by atoms with van der Waals surface area (Å²) in [4.78, 5) is 18.0. The standard InChI is InChI=1S/C15H23N3O2/c19-15(13-20-14-6-5-7-16-12-14)17-8-1-2-9-18-10-3-4-11-18/h5-7,12H,1-4,8-11,13H2,(H,17,19). The largest absolute Gasteiger partial charge is 0.482 e. The molecule has 2 rings (SSSR count). The molecular weight excluding hydrogens is 254 g/mol. The van der Waals surface area contributed by atoms with Gasteiger partial charge < -0.3 is 15.0 Å². The Balaban J connectivity index is 1.47. The monoisotopic (exact) mass is 277 g/mol. The number of carbonyl (C=O) groups is 1. The average Bonchev–Trinajstić information content (AvgIpc) is 2.99. The number of aromatic nitrogens is 1. The summed E-state index contributed by atoms with van der Waals surface area (Å²) in [5.74, 6) is 0.548. The summed E-state index contributed by atoms with van der Waals surface area (Å²) in [6.45, 7) is 4.42. The first kappa shape index (κ1) is 14.8. The van der Waals surface area contributed by atoms with Crippen molar-refractivity contribution in [1.82, 2.24) is 15.2 Å². The zero-order valence-corrected chi connectivity index (χ0v) is 11.9. The number of nitrogens with zero attached hydrogens (tertiary/aromatic N) is 2. The quantitative estimate of drug-likeness (QED) is 0.731. The van der Waals surface area contributed by atoms with E-state index in [0.717, 1.165) is 25.9 Å². The molecule has 0 atom stereocenters. The van der Waals surface area contributed by atoms with Crippen molar-refractivity contribution in [3.63, 3.8) is 0 Å². The van der Waals surface area contributed by atoms with Gasteiger partial charge in [0.05, 0.1) is 6.20 Å². The van der Waals surface area contributed by atoms with Gasteiger partial charge in [-0.3, -0.25) is 9.78 Å². The first-order valence-electron chi connectivity index (χ1n) is 7.36. The van der Waals surface area contributed by atoms with Crippen LogP contribution in [0.4, 0.5) is 0 Å². The van der Waals surface area contributed by atoms with Crippen LogP contribution in [0.15, 0.2) is 24.5 Å². The third kappa shape index (κ3) is 5.57. The fourth-order valence-electron chi connectivity index (χ4n) is 2.33. The van der Waals surface area contributed by atoms with Gasteiger partial charge in [-0.05, 0) is 57.5 Å². The predicted octanol–water partition coefficient (Wildman–Crippen LogP) is 1.45. The number of rotatable bonds is 8. The summed E-state index contributed by atoms with van der Waals surface area (Å²) in [6, 6.07) is 3.57. The van der Waals surface area contributed by atoms with Crippen molar-refractivity contribution in [3.8, 4) is 5.75 Å². The second kappa shape index (κ2) is 8.53. The molecular formula is C15H23N3O2. The van der Waals surface area contributed by atoms with Crippen molar-refractivity contribution in [1.29, 1.82) is 0 Å². The van der Waals surface area contributed by atoms with Crippen molar-refractivity contribution in [2.75, 3.05) is 32.8 Å². The molecule has 1 aromatic rings. The van der Waals surface area contributed by atoms with Crippen LogP contribution in [-0.4, -0.2) is 48.6 Å². The normalized spacial score (nSPS) is 15.2. The Morgan fingerprint density at radius 1 is 1.35 bits per heavy atom. The Morgan fingerprint density at radius 2 is 2.20 bits per heavy atom. The van der Waals surface area contributed by atoms with Crippen LogP contribution >= 0.6 is 0 Å². The van der Waals surface area contributed by atoms with Crippen LogP contribution in [0.2, 0.25) is 0 Å². The molecule has 1 fully saturated rings. The molecule has 1 aliphatic rings. The number of ether oxygens (including phenoxy) is 1. The molecule has 1 amide bonds. The van der Waals surface area contributed by atoms with Gasteiger partial charge in [0.15, 0.2) is 6.61 Å². The molecule has 1 aliphatic heterocycles. The Bertz CT molecular complexity index is 391. The number of unbranched alkanes of at least 4 members (excludes halogenated alkanes) is 1. The molecule has 5 heteroatoms. The minimum Gasteiger partial charge on any atom is -0.482 e. The molecule has 0 spiro atoms. The van der Waals surface area contributed by atoms with Gasteiger partial charge in [0, 0.05) is 12.7 Å². The average molecular weight is 277 g/mol. The van der Waals surface area contributed by atoms with Crippen LogP contribution in [0.5, 0.6) is 5.75 Å². The first-order chi connectivity index (χ1) is 9.84. The van der Waals surface area contributed by atoms with Gasteiger partial charge in [0.25, 0.3) is 5.91 Å². The third-order valence-corrected chi connectivity index (χ3v) is 3.43. The van der Waals surface area contributed by atoms with Crippen LogP contribution in [0.25, 0.3) is 0 Å². The Kier molecular flexibility index (Phi) is 6.31. The number of nitrogens with one attached hydrogen (secondary N) is 1. The smallest absolute Gasteiger partial charge is 0.257 e. The van der Waals surface area contributed by atoms with Crippen molar-refractivity contribution < 1.29 is 9.53 Å². The van der Waals surface area contributed by atoms with E-state index >= 15 is 0 Å². The summed E-state index contributed by atoms with van der Waals surface area (Å²) < 4.78 is 5.32. The van der Waals surface area contributed by atoms with Gasteiger partial charge in [-0.15, -0.1) is 0 Å². The molecule has 0 aromatic carbocycles. The molecule has 1 saturated heterocycles. The van der Waals surface area contributed by atoms with Crippen LogP contribution in [0.3, 0.4) is 0 Å². The second-order valence-electron chi connectivity index (χ2n) is 5.08. The van der Waals surface area contributed by atoms with E-state index in [-0.39, 0.29) is 12.5 Å². The summed E-state index contributed by atoms with van der Waals surface area (Å²) >= 11 is 0. The lowest BCUT2D eigenvalue weighted by atomic mass is 10.3. The SMILES string of the molecule is O=C(COc1cccnc1)NCCCCN1CCCC1. The van der Waals surface area contributed by atoms with Crippen LogP contribution in [0, 0.1) is 0 Å². The van der Waals surface area contributed by atoms with E-state index in [2.05, 4.69) is 15.2 Å². The lowest BCUT2D eigenvalue weighted by Gasteiger charge is -2.14. The summed E-state index contributed by atoms with van der Waals surface area (Å²) in [6.07, 6.45) is 8.11. The fraction of sp³-hybridized carbons (Fsp3) is 0.600. The topological polar surface area (TPSA) is 54.5 Å². The van der Waals surface area contributed by atoms with Gasteiger partial charge >= 0.3 is 0 Å². The maximum Gasteiger partial charge on any atom is 0.257 e. The fourth-order valence-corrected chi connectivity index (χ4v) is 2.33. The van der Waals surface area contributed by atoms with E-state index in [1.54, 1.807) is 24.5 Å². The zero-order chi connectivity index (χ0) is 14.0. The maximum absolute atomic E-state index is 11.6. The molecule has 5 nitrogen and oxygen atoms in total. The van der Waals surface area contributed by atoms with Gasteiger partial charge in [0.1, 0.15) is 5.75 Å². The molecule has 2 heterocycles. The minimum atomic E-state index is -0.0741. The van der Waals surface area contributed by atoms with Gasteiger partial charge in [-0.2, -0.15) is 0 Å². The zero-order valence-electron chi connectivity index (χ0n) is 11.9. The van der Waals surface area contributed by atoms with Crippen molar-refractivity contribution in [3.05, 3.63) is 24.5 Å². The Labute approximate surface area is 120 Å². The highest BCUT2D eigenvalue weighted by Crippen LogP contribution is 2.08. The van der Waals surface area contributed by atoms with Gasteiger partial charge in [-0.25, -0.2) is 0 Å². The van der Waals surface area contributed by atoms with Crippen LogP contribution in [-0.2, 0) is 4.79 Å². The molecule has 110 valence electrons. The maximum atomic E-state index is 11.6. The van der Waals surface area contributed by atoms with Crippen molar-refractivity contribution in [2.24, 2.45) is 0 Å². The Hall–Kier alpha value is -1.62. The van der Waals surface area contributed by atoms with E-state index < -0.39 is 0 Å². The van der Waals surface area contributed by atoms with E-state index in [1.165, 1.54) is 25.9 Å². The van der Waals surface area contributed by atoms with Crippen LogP contribution < -0.4 is 10.1 Å². The summed E-state index contributed by atoms with van der Waals surface area (Å²) in [5, 5.41) is 2.88. The number of carbonyl (C=O) groups excluding carboxylic acids is 1. The van der Waals surface area contributed by atoms with Crippen LogP contribution in [0.1, 0.15) is 25.7 Å². The molecule has 0 radical (unpaired) electrons. The predicted molar refractivity (Wildman–Crippen MR) is 77.6 cm³/mol. The summed E-state index contributed by atoms with van der Waals surface area (Å²) in [7, 11) is 0. The van der Waals surface area contributed by atoms with E-state index in [9.17, 15) is 4.79 Å². The molecule has 0 bridgehead atoms. The molecule has 20 heavy (non-hydrogen) atoms. The molecule has 1 N–H and O–H groups in total. The highest BCUT2D eigenvalue weighted by Gasteiger charge is 2.10. The first-order valence-corrected chi connectivity index (χ1v) is 7.36. The molecule has 0 unspecified atom stereocenters. The van der Waals surface area contributed by atoms with E-state index in [4.69, 9.17) is 4.74 Å². The molecule has 0 aliphatic carbocycles. The number of hydrogen-bond acceptors (Lipinski definition) is 4. The second-order valence-corrected chi connectivity index (χ2v) is 5.08. The minimum absolute atomic E-state index is 0.0534. The highest BCUT2D eigenvalue weighted by atomic mass is 16.5. The number of hydrogen-bond donors (Lipinski definition) is 1. The number of amides is 1. The lowest BCUT2D eigenvalue weighted by Crippen LogP contribution is -2.30.